The van der Waals surface area contributed by atoms with Crippen LogP contribution < -0.4 is 0 Å². The summed E-state index contributed by atoms with van der Waals surface area (Å²) in [6.07, 6.45) is 76.4. The molecule has 72 heavy (non-hydrogen) atoms. The Morgan fingerprint density at radius 3 is 0.806 bits per heavy atom. The molecule has 0 saturated carbocycles. The van der Waals surface area contributed by atoms with Crippen molar-refractivity contribution in [3.63, 3.8) is 0 Å². The zero-order valence-electron chi connectivity index (χ0n) is 47.9. The Balaban J connectivity index is 4.33. The molecule has 418 valence electrons. The maximum Gasteiger partial charge on any atom is 0.306 e. The van der Waals surface area contributed by atoms with Crippen LogP contribution in [0.3, 0.4) is 0 Å². The minimum Gasteiger partial charge on any atom is -0.462 e. The van der Waals surface area contributed by atoms with Gasteiger partial charge in [-0.2, -0.15) is 0 Å². The summed E-state index contributed by atoms with van der Waals surface area (Å²) in [6, 6.07) is 0. The molecule has 0 saturated heterocycles. The summed E-state index contributed by atoms with van der Waals surface area (Å²) in [6.45, 7) is 6.62. The van der Waals surface area contributed by atoms with Gasteiger partial charge in [0.2, 0.25) is 0 Å². The monoisotopic (exact) mass is 1010 g/mol. The second-order valence-corrected chi connectivity index (χ2v) is 21.0. The Kier molecular flexibility index (Phi) is 58.2. The number of hydrogen-bond donors (Lipinski definition) is 0. The smallest absolute Gasteiger partial charge is 0.306 e. The van der Waals surface area contributed by atoms with E-state index in [2.05, 4.69) is 81.5 Å². The molecule has 6 nitrogen and oxygen atoms in total. The first-order valence-electron chi connectivity index (χ1n) is 31.3. The summed E-state index contributed by atoms with van der Waals surface area (Å²) in [5.74, 6) is -0.884. The Morgan fingerprint density at radius 2 is 0.500 bits per heavy atom. The van der Waals surface area contributed by atoms with Gasteiger partial charge in [0, 0.05) is 19.3 Å². The van der Waals surface area contributed by atoms with E-state index in [-0.39, 0.29) is 31.1 Å². The van der Waals surface area contributed by atoms with Crippen LogP contribution in [0.2, 0.25) is 0 Å². The average molecular weight is 1010 g/mol. The van der Waals surface area contributed by atoms with Crippen molar-refractivity contribution in [3.05, 3.63) is 60.8 Å². The number of esters is 3. The van der Waals surface area contributed by atoms with Crippen molar-refractivity contribution in [2.45, 2.75) is 329 Å². The third kappa shape index (κ3) is 58.0. The Morgan fingerprint density at radius 1 is 0.278 bits per heavy atom. The highest BCUT2D eigenvalue weighted by Crippen LogP contribution is 2.16. The van der Waals surface area contributed by atoms with Crippen LogP contribution in [0.15, 0.2) is 60.8 Å². The molecule has 1 unspecified atom stereocenters. The van der Waals surface area contributed by atoms with E-state index >= 15 is 0 Å². The summed E-state index contributed by atoms with van der Waals surface area (Å²) in [7, 11) is 0. The molecule has 0 radical (unpaired) electrons. The van der Waals surface area contributed by atoms with Crippen LogP contribution in [-0.4, -0.2) is 37.2 Å². The van der Waals surface area contributed by atoms with Crippen LogP contribution in [0.5, 0.6) is 0 Å². The van der Waals surface area contributed by atoms with Gasteiger partial charge in [-0.1, -0.05) is 255 Å². The lowest BCUT2D eigenvalue weighted by Crippen LogP contribution is -2.30. The third-order valence-electron chi connectivity index (χ3n) is 13.7. The van der Waals surface area contributed by atoms with E-state index in [0.717, 1.165) is 83.5 Å². The maximum atomic E-state index is 12.9. The van der Waals surface area contributed by atoms with Gasteiger partial charge >= 0.3 is 17.9 Å². The summed E-state index contributed by atoms with van der Waals surface area (Å²) < 4.78 is 16.9. The summed E-state index contributed by atoms with van der Waals surface area (Å²) >= 11 is 0. The van der Waals surface area contributed by atoms with Gasteiger partial charge in [0.05, 0.1) is 0 Å². The highest BCUT2D eigenvalue weighted by atomic mass is 16.6. The standard InChI is InChI=1S/C66H118O6/c1-4-7-10-13-16-19-22-25-28-30-31-32-33-34-35-37-38-41-44-47-50-53-56-59-65(68)71-62-63(61-70-64(67)58-55-52-49-46-43-40-27-24-21-18-15-12-9-6-3)72-66(69)60-57-54-51-48-45-42-39-36-29-26-23-20-17-14-11-8-5-2/h17,20,22,24-27,29-31,63H,4-16,18-19,21,23,28,32-62H2,1-3H3/b20-17-,25-22-,27-24-,29-26-,31-30-. The van der Waals surface area contributed by atoms with Crippen molar-refractivity contribution < 1.29 is 28.6 Å². The average Bonchev–Trinajstić information content (AvgIpc) is 3.38. The van der Waals surface area contributed by atoms with E-state index < -0.39 is 6.10 Å². The lowest BCUT2D eigenvalue weighted by atomic mass is 10.0. The lowest BCUT2D eigenvalue weighted by molar-refractivity contribution is -0.167. The van der Waals surface area contributed by atoms with Crippen LogP contribution in [0.25, 0.3) is 0 Å². The summed E-state index contributed by atoms with van der Waals surface area (Å²) in [5.41, 5.74) is 0. The molecule has 6 heteroatoms. The van der Waals surface area contributed by atoms with Gasteiger partial charge in [0.25, 0.3) is 0 Å². The molecule has 0 rings (SSSR count). The van der Waals surface area contributed by atoms with Gasteiger partial charge in [-0.05, 0) is 109 Å². The molecule has 0 spiro atoms. The maximum absolute atomic E-state index is 12.9. The van der Waals surface area contributed by atoms with Gasteiger partial charge in [-0.3, -0.25) is 14.4 Å². The van der Waals surface area contributed by atoms with E-state index in [1.165, 1.54) is 199 Å². The van der Waals surface area contributed by atoms with E-state index in [1.54, 1.807) is 0 Å². The summed E-state index contributed by atoms with van der Waals surface area (Å²) in [5, 5.41) is 0. The minimum absolute atomic E-state index is 0.0796. The first-order chi connectivity index (χ1) is 35.5. The number of unbranched alkanes of at least 4 members (excludes halogenated alkanes) is 36. The van der Waals surface area contributed by atoms with Gasteiger partial charge in [0.1, 0.15) is 13.2 Å². The van der Waals surface area contributed by atoms with Crippen LogP contribution in [0.1, 0.15) is 323 Å². The molecule has 0 bridgehead atoms. The third-order valence-corrected chi connectivity index (χ3v) is 13.7. The molecule has 0 aliphatic rings. The van der Waals surface area contributed by atoms with E-state index in [0.29, 0.717) is 19.3 Å². The fourth-order valence-electron chi connectivity index (χ4n) is 8.97. The highest BCUT2D eigenvalue weighted by Gasteiger charge is 2.19. The minimum atomic E-state index is -0.783. The Labute approximate surface area is 447 Å². The number of carbonyl (C=O) groups excluding carboxylic acids is 3. The van der Waals surface area contributed by atoms with Gasteiger partial charge in [0.15, 0.2) is 6.10 Å². The molecule has 0 aliphatic heterocycles. The lowest BCUT2D eigenvalue weighted by Gasteiger charge is -2.18. The predicted octanol–water partition coefficient (Wildman–Crippen LogP) is 21.2. The molecule has 0 N–H and O–H groups in total. The molecule has 0 aliphatic carbocycles. The molecule has 0 fully saturated rings. The predicted molar refractivity (Wildman–Crippen MR) is 312 cm³/mol. The zero-order valence-corrected chi connectivity index (χ0v) is 47.9. The number of rotatable bonds is 57. The van der Waals surface area contributed by atoms with Crippen molar-refractivity contribution in [1.82, 2.24) is 0 Å². The van der Waals surface area contributed by atoms with E-state index in [9.17, 15) is 14.4 Å². The van der Waals surface area contributed by atoms with Crippen LogP contribution in [-0.2, 0) is 28.6 Å². The number of hydrogen-bond acceptors (Lipinski definition) is 6. The number of ether oxygens (including phenoxy) is 3. The molecule has 0 aromatic rings. The first kappa shape index (κ1) is 69.1. The zero-order chi connectivity index (χ0) is 52.2. The molecule has 0 aromatic heterocycles. The van der Waals surface area contributed by atoms with Crippen molar-refractivity contribution >= 4 is 17.9 Å². The SMILES string of the molecule is CCCCC/C=C\C/C=C\CCCCCCCCCC(=O)OC(COC(=O)CCCCCCC/C=C\CCCCCCC)COC(=O)CCCCCCCCCCCCC/C=C\C/C=C\CCCCCCC. The second kappa shape index (κ2) is 60.7. The van der Waals surface area contributed by atoms with Crippen molar-refractivity contribution in [2.75, 3.05) is 13.2 Å². The van der Waals surface area contributed by atoms with Gasteiger partial charge < -0.3 is 14.2 Å². The van der Waals surface area contributed by atoms with Gasteiger partial charge in [-0.15, -0.1) is 0 Å². The Hall–Kier alpha value is -2.89. The van der Waals surface area contributed by atoms with Gasteiger partial charge in [-0.25, -0.2) is 0 Å². The van der Waals surface area contributed by atoms with Crippen LogP contribution in [0.4, 0.5) is 0 Å². The van der Waals surface area contributed by atoms with Crippen molar-refractivity contribution in [2.24, 2.45) is 0 Å². The largest absolute Gasteiger partial charge is 0.462 e. The number of allylic oxidation sites excluding steroid dienone is 10. The molecule has 1 atom stereocenters. The number of carbonyl (C=O) groups is 3. The normalized spacial score (nSPS) is 12.4. The quantitative estimate of drug-likeness (QED) is 0.0261. The molecule has 0 aromatic carbocycles. The molecular weight excluding hydrogens is 889 g/mol. The van der Waals surface area contributed by atoms with Crippen LogP contribution >= 0.6 is 0 Å². The fraction of sp³-hybridized carbons (Fsp3) is 0.803. The molecule has 0 amide bonds. The topological polar surface area (TPSA) is 78.9 Å². The van der Waals surface area contributed by atoms with Crippen LogP contribution in [0, 0.1) is 0 Å². The molecule has 0 heterocycles. The molecular formula is C66H118O6. The van der Waals surface area contributed by atoms with Crippen molar-refractivity contribution in [3.8, 4) is 0 Å². The second-order valence-electron chi connectivity index (χ2n) is 21.0. The van der Waals surface area contributed by atoms with E-state index in [1.807, 2.05) is 0 Å². The van der Waals surface area contributed by atoms with Crippen molar-refractivity contribution in [1.29, 1.82) is 0 Å². The highest BCUT2D eigenvalue weighted by molar-refractivity contribution is 5.71. The fourth-order valence-corrected chi connectivity index (χ4v) is 8.97. The summed E-state index contributed by atoms with van der Waals surface area (Å²) in [4.78, 5) is 38.3. The van der Waals surface area contributed by atoms with E-state index in [4.69, 9.17) is 14.2 Å². The first-order valence-corrected chi connectivity index (χ1v) is 31.3. The Bertz CT molecular complexity index is 1290.